The van der Waals surface area contributed by atoms with Gasteiger partial charge in [-0.1, -0.05) is 22.0 Å². The fourth-order valence-corrected chi connectivity index (χ4v) is 1.80. The number of rotatable bonds is 3. The first-order valence-electron chi connectivity index (χ1n) is 5.29. The number of nitrogens with zero attached hydrogens (tertiary/aromatic N) is 1. The highest BCUT2D eigenvalue weighted by molar-refractivity contribution is 9.10. The maximum Gasteiger partial charge on any atom is 0.133 e. The number of aromatic hydroxyl groups is 1. The molecule has 0 unspecified atom stereocenters. The van der Waals surface area contributed by atoms with Crippen molar-refractivity contribution in [1.29, 1.82) is 0 Å². The van der Waals surface area contributed by atoms with E-state index in [-0.39, 0.29) is 5.75 Å². The summed E-state index contributed by atoms with van der Waals surface area (Å²) in [6, 6.07) is 9.55. The third-order valence-corrected chi connectivity index (χ3v) is 3.31. The summed E-state index contributed by atoms with van der Waals surface area (Å²) in [6.07, 6.45) is 1.45. The van der Waals surface area contributed by atoms with Crippen molar-refractivity contribution in [1.82, 2.24) is 4.98 Å². The maximum atomic E-state index is 9.12. The zero-order chi connectivity index (χ0) is 12.3. The molecule has 0 aliphatic carbocycles. The number of aryl methyl sites for hydroxylation is 1. The van der Waals surface area contributed by atoms with Crippen LogP contribution in [0.1, 0.15) is 11.3 Å². The fraction of sp³-hybridized carbons (Fsp3) is 0.154. The number of anilines is 1. The van der Waals surface area contributed by atoms with Gasteiger partial charge in [-0.25, -0.2) is 0 Å². The molecule has 2 N–H and O–H groups in total. The van der Waals surface area contributed by atoms with Crippen molar-refractivity contribution < 1.29 is 5.11 Å². The van der Waals surface area contributed by atoms with E-state index in [0.717, 1.165) is 15.9 Å². The molecule has 0 amide bonds. The van der Waals surface area contributed by atoms with E-state index in [4.69, 9.17) is 5.11 Å². The minimum Gasteiger partial charge on any atom is -0.506 e. The Bertz CT molecular complexity index is 511. The molecular weight excluding hydrogens is 280 g/mol. The third kappa shape index (κ3) is 3.20. The van der Waals surface area contributed by atoms with Crippen molar-refractivity contribution in [2.75, 3.05) is 5.32 Å². The zero-order valence-electron chi connectivity index (χ0n) is 9.44. The highest BCUT2D eigenvalue weighted by atomic mass is 79.9. The smallest absolute Gasteiger partial charge is 0.133 e. The van der Waals surface area contributed by atoms with Gasteiger partial charge in [-0.05, 0) is 36.8 Å². The predicted molar refractivity (Wildman–Crippen MR) is 72.1 cm³/mol. The Kier molecular flexibility index (Phi) is 3.64. The molecule has 0 radical (unpaired) electrons. The fourth-order valence-electron chi connectivity index (χ4n) is 1.42. The second kappa shape index (κ2) is 5.19. The van der Waals surface area contributed by atoms with Crippen LogP contribution in [0.3, 0.4) is 0 Å². The van der Waals surface area contributed by atoms with E-state index in [9.17, 15) is 0 Å². The molecule has 1 aromatic heterocycles. The number of benzene rings is 1. The molecule has 0 aliphatic rings. The van der Waals surface area contributed by atoms with E-state index in [0.29, 0.717) is 6.54 Å². The Morgan fingerprint density at radius 3 is 2.76 bits per heavy atom. The van der Waals surface area contributed by atoms with E-state index >= 15 is 0 Å². The molecule has 4 heteroatoms. The molecule has 0 saturated heterocycles. The SMILES string of the molecule is Cc1ccc(NCc2ccc(O)cn2)cc1Br. The van der Waals surface area contributed by atoms with Gasteiger partial charge in [0.1, 0.15) is 5.75 Å². The lowest BCUT2D eigenvalue weighted by Gasteiger charge is -2.07. The Balaban J connectivity index is 2.02. The summed E-state index contributed by atoms with van der Waals surface area (Å²) in [5.41, 5.74) is 3.13. The Morgan fingerprint density at radius 1 is 1.29 bits per heavy atom. The average Bonchev–Trinajstić information content (AvgIpc) is 2.33. The molecule has 0 saturated carbocycles. The number of pyridine rings is 1. The summed E-state index contributed by atoms with van der Waals surface area (Å²) in [4.78, 5) is 4.11. The molecule has 17 heavy (non-hydrogen) atoms. The van der Waals surface area contributed by atoms with Crippen LogP contribution in [0.4, 0.5) is 5.69 Å². The molecular formula is C13H13BrN2O. The van der Waals surface area contributed by atoms with Crippen molar-refractivity contribution in [3.05, 3.63) is 52.3 Å². The van der Waals surface area contributed by atoms with Crippen LogP contribution in [-0.4, -0.2) is 10.1 Å². The summed E-state index contributed by atoms with van der Waals surface area (Å²) < 4.78 is 1.08. The van der Waals surface area contributed by atoms with E-state index < -0.39 is 0 Å². The van der Waals surface area contributed by atoms with Crippen LogP contribution < -0.4 is 5.32 Å². The van der Waals surface area contributed by atoms with E-state index in [2.05, 4.69) is 39.2 Å². The lowest BCUT2D eigenvalue weighted by Crippen LogP contribution is -2.01. The van der Waals surface area contributed by atoms with Gasteiger partial charge in [0.25, 0.3) is 0 Å². The number of hydrogen-bond acceptors (Lipinski definition) is 3. The summed E-state index contributed by atoms with van der Waals surface area (Å²) in [6.45, 7) is 2.69. The Labute approximate surface area is 109 Å². The topological polar surface area (TPSA) is 45.1 Å². The summed E-state index contributed by atoms with van der Waals surface area (Å²) in [5, 5.41) is 12.4. The number of aromatic nitrogens is 1. The minimum absolute atomic E-state index is 0.187. The van der Waals surface area contributed by atoms with Crippen LogP contribution in [-0.2, 0) is 6.54 Å². The number of halogens is 1. The Morgan fingerprint density at radius 2 is 2.12 bits per heavy atom. The van der Waals surface area contributed by atoms with Crippen LogP contribution in [0.2, 0.25) is 0 Å². The van der Waals surface area contributed by atoms with Crippen LogP contribution in [0.5, 0.6) is 5.75 Å². The molecule has 0 aliphatic heterocycles. The molecule has 0 atom stereocenters. The van der Waals surface area contributed by atoms with Crippen molar-refractivity contribution in [2.24, 2.45) is 0 Å². The van der Waals surface area contributed by atoms with E-state index in [1.54, 1.807) is 12.1 Å². The molecule has 2 rings (SSSR count). The van der Waals surface area contributed by atoms with Gasteiger partial charge in [-0.15, -0.1) is 0 Å². The van der Waals surface area contributed by atoms with Gasteiger partial charge in [-0.3, -0.25) is 4.98 Å². The van der Waals surface area contributed by atoms with Gasteiger partial charge in [0, 0.05) is 10.2 Å². The van der Waals surface area contributed by atoms with Crippen molar-refractivity contribution in [3.63, 3.8) is 0 Å². The predicted octanol–water partition coefficient (Wildman–Crippen LogP) is 3.47. The summed E-state index contributed by atoms with van der Waals surface area (Å²) in [5.74, 6) is 0.187. The highest BCUT2D eigenvalue weighted by Gasteiger charge is 1.98. The molecule has 0 spiro atoms. The minimum atomic E-state index is 0.187. The standard InChI is InChI=1S/C13H13BrN2O/c1-9-2-3-10(6-13(9)14)15-7-11-4-5-12(17)8-16-11/h2-6,8,15,17H,7H2,1H3. The molecule has 1 heterocycles. The monoisotopic (exact) mass is 292 g/mol. The number of nitrogens with one attached hydrogen (secondary N) is 1. The average molecular weight is 293 g/mol. The van der Waals surface area contributed by atoms with E-state index in [1.165, 1.54) is 11.8 Å². The van der Waals surface area contributed by atoms with Gasteiger partial charge >= 0.3 is 0 Å². The largest absolute Gasteiger partial charge is 0.506 e. The van der Waals surface area contributed by atoms with Gasteiger partial charge in [0.15, 0.2) is 0 Å². The van der Waals surface area contributed by atoms with Gasteiger partial charge in [-0.2, -0.15) is 0 Å². The molecule has 1 aromatic carbocycles. The second-order valence-electron chi connectivity index (χ2n) is 3.83. The van der Waals surface area contributed by atoms with E-state index in [1.807, 2.05) is 12.1 Å². The van der Waals surface area contributed by atoms with Gasteiger partial charge < -0.3 is 10.4 Å². The number of hydrogen-bond donors (Lipinski definition) is 2. The van der Waals surface area contributed by atoms with Crippen LogP contribution in [0, 0.1) is 6.92 Å². The quantitative estimate of drug-likeness (QED) is 0.910. The van der Waals surface area contributed by atoms with Gasteiger partial charge in [0.05, 0.1) is 18.4 Å². The second-order valence-corrected chi connectivity index (χ2v) is 4.68. The first-order valence-corrected chi connectivity index (χ1v) is 6.08. The first kappa shape index (κ1) is 11.9. The van der Waals surface area contributed by atoms with Crippen molar-refractivity contribution in [3.8, 4) is 5.75 Å². The van der Waals surface area contributed by atoms with Crippen molar-refractivity contribution in [2.45, 2.75) is 13.5 Å². The molecule has 0 fully saturated rings. The summed E-state index contributed by atoms with van der Waals surface area (Å²) in [7, 11) is 0. The van der Waals surface area contributed by atoms with Gasteiger partial charge in [0.2, 0.25) is 0 Å². The lowest BCUT2D eigenvalue weighted by atomic mass is 10.2. The lowest BCUT2D eigenvalue weighted by molar-refractivity contribution is 0.472. The molecule has 88 valence electrons. The highest BCUT2D eigenvalue weighted by Crippen LogP contribution is 2.21. The van der Waals surface area contributed by atoms with Crippen LogP contribution in [0.25, 0.3) is 0 Å². The molecule has 3 nitrogen and oxygen atoms in total. The van der Waals surface area contributed by atoms with Crippen LogP contribution in [0.15, 0.2) is 41.0 Å². The molecule has 0 bridgehead atoms. The normalized spacial score (nSPS) is 10.2. The first-order chi connectivity index (χ1) is 8.15. The van der Waals surface area contributed by atoms with Crippen LogP contribution >= 0.6 is 15.9 Å². The Hall–Kier alpha value is -1.55. The summed E-state index contributed by atoms with van der Waals surface area (Å²) >= 11 is 3.49. The zero-order valence-corrected chi connectivity index (χ0v) is 11.0. The van der Waals surface area contributed by atoms with Crippen molar-refractivity contribution >= 4 is 21.6 Å². The molecule has 2 aromatic rings. The third-order valence-electron chi connectivity index (χ3n) is 2.45. The maximum absolute atomic E-state index is 9.12.